The van der Waals surface area contributed by atoms with Gasteiger partial charge in [-0.2, -0.15) is 5.10 Å². The predicted molar refractivity (Wildman–Crippen MR) is 122 cm³/mol. The number of aryl methyl sites for hydroxylation is 2. The van der Waals surface area contributed by atoms with Gasteiger partial charge in [0.05, 0.1) is 29.2 Å². The number of nitrogens with one attached hydrogen (secondary N) is 1. The van der Waals surface area contributed by atoms with Crippen LogP contribution in [0.25, 0.3) is 0 Å². The summed E-state index contributed by atoms with van der Waals surface area (Å²) in [5.41, 5.74) is 3.70. The van der Waals surface area contributed by atoms with E-state index in [-0.39, 0.29) is 12.3 Å². The van der Waals surface area contributed by atoms with Crippen LogP contribution in [0.4, 0.5) is 10.1 Å². The molecule has 2 heterocycles. The lowest BCUT2D eigenvalue weighted by Gasteiger charge is -2.08. The molecule has 0 saturated heterocycles. The van der Waals surface area contributed by atoms with E-state index >= 15 is 0 Å². The van der Waals surface area contributed by atoms with Gasteiger partial charge in [0.15, 0.2) is 5.69 Å². The van der Waals surface area contributed by atoms with Crippen molar-refractivity contribution in [3.05, 3.63) is 93.3 Å². The van der Waals surface area contributed by atoms with Crippen molar-refractivity contribution >= 4 is 23.2 Å². The number of hydrogen-bond acceptors (Lipinski definition) is 5. The number of hydrogen-bond donors (Lipinski definition) is 1. The minimum Gasteiger partial charge on any atom is -0.489 e. The van der Waals surface area contributed by atoms with Gasteiger partial charge in [0.1, 0.15) is 23.9 Å². The number of ether oxygens (including phenoxy) is 1. The minimum atomic E-state index is -0.443. The van der Waals surface area contributed by atoms with Gasteiger partial charge in [0, 0.05) is 11.1 Å². The molecule has 7 nitrogen and oxygen atoms in total. The molecule has 0 aliphatic rings. The maximum Gasteiger partial charge on any atom is 0.278 e. The second-order valence-electron chi connectivity index (χ2n) is 7.60. The fraction of sp³-hybridized carbons (Fsp3) is 0.208. The lowest BCUT2D eigenvalue weighted by Crippen LogP contribution is -2.16. The van der Waals surface area contributed by atoms with Crippen LogP contribution in [-0.4, -0.2) is 20.8 Å². The molecule has 9 heteroatoms. The molecule has 0 saturated carbocycles. The summed E-state index contributed by atoms with van der Waals surface area (Å²) in [6, 6.07) is 13.3. The van der Waals surface area contributed by atoms with Crippen LogP contribution in [0.1, 0.15) is 38.8 Å². The summed E-state index contributed by atoms with van der Waals surface area (Å²) in [5.74, 6) is -0.0587. The number of rotatable bonds is 7. The number of nitrogens with zero attached hydrogens (tertiary/aromatic N) is 3. The summed E-state index contributed by atoms with van der Waals surface area (Å²) >= 11 is 5.96. The van der Waals surface area contributed by atoms with E-state index in [0.29, 0.717) is 40.0 Å². The van der Waals surface area contributed by atoms with Crippen LogP contribution in [-0.2, 0) is 13.2 Å². The molecular formula is C24H22ClFN4O3. The first-order valence-electron chi connectivity index (χ1n) is 10.2. The molecule has 0 aliphatic carbocycles. The van der Waals surface area contributed by atoms with Gasteiger partial charge in [-0.25, -0.2) is 4.39 Å². The first-order valence-corrected chi connectivity index (χ1v) is 10.6. The summed E-state index contributed by atoms with van der Waals surface area (Å²) in [5, 5.41) is 12.0. The Morgan fingerprint density at radius 3 is 2.67 bits per heavy atom. The largest absolute Gasteiger partial charge is 0.489 e. The topological polar surface area (TPSA) is 82.2 Å². The lowest BCUT2D eigenvalue weighted by atomic mass is 10.2. The highest BCUT2D eigenvalue weighted by Crippen LogP contribution is 2.24. The summed E-state index contributed by atoms with van der Waals surface area (Å²) in [6.07, 6.45) is 0. The third-order valence-corrected chi connectivity index (χ3v) is 5.50. The zero-order valence-corrected chi connectivity index (χ0v) is 19.1. The Bertz CT molecular complexity index is 1300. The number of benzene rings is 2. The fourth-order valence-corrected chi connectivity index (χ4v) is 3.55. The molecule has 0 fully saturated rings. The molecule has 0 radical (unpaired) electrons. The first-order chi connectivity index (χ1) is 15.8. The Morgan fingerprint density at radius 1 is 1.18 bits per heavy atom. The summed E-state index contributed by atoms with van der Waals surface area (Å²) in [4.78, 5) is 13.0. The normalized spacial score (nSPS) is 10.9. The van der Waals surface area contributed by atoms with Crippen molar-refractivity contribution in [3.8, 4) is 5.75 Å². The Morgan fingerprint density at radius 2 is 1.94 bits per heavy atom. The molecule has 1 N–H and O–H groups in total. The molecule has 0 spiro atoms. The molecule has 0 atom stereocenters. The van der Waals surface area contributed by atoms with Crippen molar-refractivity contribution in [2.24, 2.45) is 0 Å². The van der Waals surface area contributed by atoms with E-state index in [1.807, 2.05) is 42.8 Å². The Balaban J connectivity index is 1.51. The van der Waals surface area contributed by atoms with Crippen LogP contribution in [0.5, 0.6) is 5.75 Å². The van der Waals surface area contributed by atoms with Gasteiger partial charge in [-0.3, -0.25) is 9.48 Å². The van der Waals surface area contributed by atoms with Gasteiger partial charge < -0.3 is 14.6 Å². The molecule has 33 heavy (non-hydrogen) atoms. The van der Waals surface area contributed by atoms with Crippen molar-refractivity contribution < 1.29 is 18.4 Å². The highest BCUT2D eigenvalue weighted by atomic mass is 35.5. The number of aromatic nitrogens is 3. The van der Waals surface area contributed by atoms with Crippen LogP contribution < -0.4 is 10.1 Å². The molecule has 4 aromatic rings. The molecule has 0 unspecified atom stereocenters. The zero-order chi connectivity index (χ0) is 23.5. The Labute approximate surface area is 195 Å². The van der Waals surface area contributed by atoms with Crippen molar-refractivity contribution in [2.45, 2.75) is 33.9 Å². The van der Waals surface area contributed by atoms with E-state index in [0.717, 1.165) is 11.3 Å². The quantitative estimate of drug-likeness (QED) is 0.389. The third-order valence-electron chi connectivity index (χ3n) is 5.24. The minimum absolute atomic E-state index is 0.00926. The Hall–Kier alpha value is -3.65. The van der Waals surface area contributed by atoms with Gasteiger partial charge in [-0.15, -0.1) is 0 Å². The molecular weight excluding hydrogens is 447 g/mol. The number of anilines is 1. The number of amides is 1. The average molecular weight is 469 g/mol. The maximum atomic E-state index is 13.4. The monoisotopic (exact) mass is 468 g/mol. The van der Waals surface area contributed by atoms with E-state index in [1.165, 1.54) is 12.1 Å². The third kappa shape index (κ3) is 5.06. The van der Waals surface area contributed by atoms with Gasteiger partial charge in [0.25, 0.3) is 5.91 Å². The summed E-state index contributed by atoms with van der Waals surface area (Å²) in [7, 11) is 0. The average Bonchev–Trinajstić information content (AvgIpc) is 3.28. The van der Waals surface area contributed by atoms with E-state index in [9.17, 15) is 9.18 Å². The Kier molecular flexibility index (Phi) is 6.46. The van der Waals surface area contributed by atoms with Crippen LogP contribution in [0.2, 0.25) is 5.02 Å². The zero-order valence-electron chi connectivity index (χ0n) is 18.4. The van der Waals surface area contributed by atoms with Crippen molar-refractivity contribution in [2.75, 3.05) is 5.32 Å². The number of carbonyl (C=O) groups excluding carboxylic acids is 1. The first kappa shape index (κ1) is 22.5. The van der Waals surface area contributed by atoms with Crippen molar-refractivity contribution in [1.82, 2.24) is 14.9 Å². The number of carbonyl (C=O) groups is 1. The molecule has 2 aromatic carbocycles. The van der Waals surface area contributed by atoms with Crippen LogP contribution in [0, 0.1) is 26.6 Å². The van der Waals surface area contributed by atoms with Gasteiger partial charge in [0.2, 0.25) is 0 Å². The van der Waals surface area contributed by atoms with E-state index < -0.39 is 11.7 Å². The predicted octanol–water partition coefficient (Wildman–Crippen LogP) is 5.47. The molecule has 2 aromatic heterocycles. The SMILES string of the molecule is Cc1nn(Cc2ccc(Cl)cc2)c(C)c1NC(=O)c1noc(C)c1COc1cccc(F)c1. The fourth-order valence-electron chi connectivity index (χ4n) is 3.42. The van der Waals surface area contributed by atoms with Crippen LogP contribution in [0.15, 0.2) is 53.1 Å². The highest BCUT2D eigenvalue weighted by molar-refractivity contribution is 6.30. The van der Waals surface area contributed by atoms with Gasteiger partial charge in [-0.05, 0) is 50.6 Å². The van der Waals surface area contributed by atoms with Gasteiger partial charge in [-0.1, -0.05) is 35.0 Å². The highest BCUT2D eigenvalue weighted by Gasteiger charge is 2.23. The van der Waals surface area contributed by atoms with E-state index in [2.05, 4.69) is 15.6 Å². The second kappa shape index (κ2) is 9.46. The van der Waals surface area contributed by atoms with Crippen LogP contribution in [0.3, 0.4) is 0 Å². The molecule has 4 rings (SSSR count). The second-order valence-corrected chi connectivity index (χ2v) is 8.03. The smallest absolute Gasteiger partial charge is 0.278 e. The number of halogens is 2. The van der Waals surface area contributed by atoms with E-state index in [4.69, 9.17) is 20.9 Å². The standard InChI is InChI=1S/C24H22ClFN4O3/c1-14-22(15(2)30(28-14)12-17-7-9-18(25)10-8-17)27-24(31)23-21(16(3)33-29-23)13-32-20-6-4-5-19(26)11-20/h4-11H,12-13H2,1-3H3,(H,27,31). The maximum absolute atomic E-state index is 13.4. The molecule has 0 aliphatic heterocycles. The lowest BCUT2D eigenvalue weighted by molar-refractivity contribution is 0.101. The van der Waals surface area contributed by atoms with Crippen molar-refractivity contribution in [1.29, 1.82) is 0 Å². The van der Waals surface area contributed by atoms with Gasteiger partial charge >= 0.3 is 0 Å². The molecule has 0 bridgehead atoms. The molecule has 1 amide bonds. The van der Waals surface area contributed by atoms with Crippen molar-refractivity contribution in [3.63, 3.8) is 0 Å². The van der Waals surface area contributed by atoms with E-state index in [1.54, 1.807) is 19.1 Å². The molecule has 170 valence electrons. The summed E-state index contributed by atoms with van der Waals surface area (Å²) < 4.78 is 26.1. The summed E-state index contributed by atoms with van der Waals surface area (Å²) in [6.45, 7) is 5.94. The van der Waals surface area contributed by atoms with Crippen LogP contribution >= 0.6 is 11.6 Å².